The first-order valence-electron chi connectivity index (χ1n) is 8.70. The molecule has 0 spiro atoms. The molecule has 2 fully saturated rings. The first-order valence-corrected chi connectivity index (χ1v) is 9.68. The average Bonchev–Trinajstić information content (AvgIpc) is 3.22. The van der Waals surface area contributed by atoms with E-state index in [1.165, 1.54) is 31.0 Å². The van der Waals surface area contributed by atoms with E-state index in [0.29, 0.717) is 29.7 Å². The second-order valence-corrected chi connectivity index (χ2v) is 7.81. The zero-order valence-corrected chi connectivity index (χ0v) is 14.9. The van der Waals surface area contributed by atoms with Crippen LogP contribution in [0, 0.1) is 29.1 Å². The van der Waals surface area contributed by atoms with Crippen LogP contribution in [0.15, 0.2) is 29.2 Å². The largest absolute Gasteiger partial charge is 0.456 e. The van der Waals surface area contributed by atoms with Gasteiger partial charge in [-0.05, 0) is 49.1 Å². The number of hydrogen-bond donors (Lipinski definition) is 1. The van der Waals surface area contributed by atoms with Crippen LogP contribution < -0.4 is 5.32 Å². The molecular weight excluding hydrogens is 336 g/mol. The molecule has 0 unspecified atom stereocenters. The number of esters is 1. The van der Waals surface area contributed by atoms with Gasteiger partial charge < -0.3 is 10.1 Å². The third kappa shape index (κ3) is 4.76. The second-order valence-electron chi connectivity index (χ2n) is 6.79. The van der Waals surface area contributed by atoms with E-state index in [1.54, 1.807) is 6.07 Å². The summed E-state index contributed by atoms with van der Waals surface area (Å²) in [7, 11) is 0. The van der Waals surface area contributed by atoms with Crippen LogP contribution in [-0.4, -0.2) is 24.2 Å². The Kier molecular flexibility index (Phi) is 5.98. The molecule has 132 valence electrons. The number of ether oxygens (including phenoxy) is 1. The number of carbonyl (C=O) groups is 2. The lowest BCUT2D eigenvalue weighted by Crippen LogP contribution is -2.23. The number of fused-ring (bicyclic) bond motifs is 2. The predicted molar refractivity (Wildman–Crippen MR) is 95.9 cm³/mol. The molecule has 1 aromatic carbocycles. The Morgan fingerprint density at radius 2 is 2.12 bits per heavy atom. The summed E-state index contributed by atoms with van der Waals surface area (Å²) in [5, 5.41) is 11.4. The van der Waals surface area contributed by atoms with Gasteiger partial charge >= 0.3 is 5.97 Å². The number of carbonyl (C=O) groups excluding carboxylic acids is 2. The van der Waals surface area contributed by atoms with Crippen LogP contribution in [0.1, 0.15) is 32.1 Å². The summed E-state index contributed by atoms with van der Waals surface area (Å²) in [6.07, 6.45) is 5.37. The molecule has 25 heavy (non-hydrogen) atoms. The lowest BCUT2D eigenvalue weighted by molar-refractivity contribution is -0.148. The van der Waals surface area contributed by atoms with Gasteiger partial charge in [0.05, 0.1) is 17.5 Å². The summed E-state index contributed by atoms with van der Waals surface area (Å²) in [5.74, 6) is 1.60. The molecule has 1 amide bonds. The highest BCUT2D eigenvalue weighted by Gasteiger charge is 2.40. The van der Waals surface area contributed by atoms with Crippen molar-refractivity contribution in [1.82, 2.24) is 0 Å². The highest BCUT2D eigenvalue weighted by atomic mass is 32.2. The van der Waals surface area contributed by atoms with E-state index in [2.05, 4.69) is 11.4 Å². The smallest absolute Gasteiger partial charge is 0.306 e. The van der Waals surface area contributed by atoms with E-state index >= 15 is 0 Å². The van der Waals surface area contributed by atoms with Gasteiger partial charge in [0, 0.05) is 11.3 Å². The molecule has 0 radical (unpaired) electrons. The third-order valence-electron chi connectivity index (χ3n) is 5.13. The van der Waals surface area contributed by atoms with Crippen molar-refractivity contribution in [1.29, 1.82) is 5.26 Å². The van der Waals surface area contributed by atoms with Gasteiger partial charge in [0.15, 0.2) is 6.61 Å². The van der Waals surface area contributed by atoms with Gasteiger partial charge in [0.1, 0.15) is 0 Å². The fourth-order valence-corrected chi connectivity index (χ4v) is 4.71. The maximum atomic E-state index is 12.0. The number of anilines is 1. The molecule has 2 saturated carbocycles. The third-order valence-corrected chi connectivity index (χ3v) is 6.07. The Labute approximate surface area is 152 Å². The van der Waals surface area contributed by atoms with E-state index < -0.39 is 0 Å². The second kappa shape index (κ2) is 8.39. The van der Waals surface area contributed by atoms with Crippen molar-refractivity contribution in [3.05, 3.63) is 24.3 Å². The van der Waals surface area contributed by atoms with Crippen molar-refractivity contribution in [3.8, 4) is 6.07 Å². The van der Waals surface area contributed by atoms with Gasteiger partial charge in [-0.1, -0.05) is 18.6 Å². The van der Waals surface area contributed by atoms with Crippen molar-refractivity contribution < 1.29 is 14.3 Å². The van der Waals surface area contributed by atoms with E-state index in [4.69, 9.17) is 10.00 Å². The van der Waals surface area contributed by atoms with E-state index in [9.17, 15) is 9.59 Å². The Balaban J connectivity index is 1.43. The van der Waals surface area contributed by atoms with Crippen molar-refractivity contribution in [2.45, 2.75) is 37.0 Å². The van der Waals surface area contributed by atoms with Crippen LogP contribution in [-0.2, 0) is 14.3 Å². The molecule has 3 atom stereocenters. The SMILES string of the molecule is N#CCSc1ccccc1NC(=O)COC(=O)C[C@H]1C[C@H]2CC[C@@H]1C2. The monoisotopic (exact) mass is 358 g/mol. The molecule has 1 N–H and O–H groups in total. The summed E-state index contributed by atoms with van der Waals surface area (Å²) in [6, 6.07) is 9.35. The van der Waals surface area contributed by atoms with Crippen LogP contribution in [0.2, 0.25) is 0 Å². The number of benzene rings is 1. The minimum Gasteiger partial charge on any atom is -0.456 e. The zero-order chi connectivity index (χ0) is 17.6. The maximum absolute atomic E-state index is 12.0. The number of amides is 1. The lowest BCUT2D eigenvalue weighted by Gasteiger charge is -2.20. The van der Waals surface area contributed by atoms with Crippen molar-refractivity contribution in [2.75, 3.05) is 17.7 Å². The van der Waals surface area contributed by atoms with Gasteiger partial charge in [-0.3, -0.25) is 9.59 Å². The summed E-state index contributed by atoms with van der Waals surface area (Å²) >= 11 is 1.36. The first-order chi connectivity index (χ1) is 12.2. The molecule has 2 aliphatic carbocycles. The molecular formula is C19H22N2O3S. The lowest BCUT2D eigenvalue weighted by atomic mass is 9.86. The number of hydrogen-bond acceptors (Lipinski definition) is 5. The van der Waals surface area contributed by atoms with Gasteiger partial charge in [0.2, 0.25) is 0 Å². The molecule has 5 nitrogen and oxygen atoms in total. The predicted octanol–water partition coefficient (Wildman–Crippen LogP) is 3.61. The highest BCUT2D eigenvalue weighted by molar-refractivity contribution is 7.99. The molecule has 6 heteroatoms. The number of rotatable bonds is 7. The number of thioether (sulfide) groups is 1. The number of nitriles is 1. The molecule has 2 bridgehead atoms. The first kappa shape index (κ1) is 17.8. The van der Waals surface area contributed by atoms with Crippen LogP contribution in [0.25, 0.3) is 0 Å². The minimum absolute atomic E-state index is 0.267. The maximum Gasteiger partial charge on any atom is 0.306 e. The molecule has 0 saturated heterocycles. The fraction of sp³-hybridized carbons (Fsp3) is 0.526. The van der Waals surface area contributed by atoms with Gasteiger partial charge in [-0.15, -0.1) is 11.8 Å². The highest BCUT2D eigenvalue weighted by Crippen LogP contribution is 2.49. The topological polar surface area (TPSA) is 79.2 Å². The molecule has 0 aliphatic heterocycles. The molecule has 0 heterocycles. The Morgan fingerprint density at radius 1 is 1.28 bits per heavy atom. The quantitative estimate of drug-likeness (QED) is 0.595. The van der Waals surface area contributed by atoms with Crippen molar-refractivity contribution in [2.24, 2.45) is 17.8 Å². The van der Waals surface area contributed by atoms with Crippen LogP contribution in [0.4, 0.5) is 5.69 Å². The van der Waals surface area contributed by atoms with Crippen molar-refractivity contribution in [3.63, 3.8) is 0 Å². The van der Waals surface area contributed by atoms with Crippen LogP contribution in [0.5, 0.6) is 0 Å². The molecule has 1 aromatic rings. The van der Waals surface area contributed by atoms with Crippen LogP contribution in [0.3, 0.4) is 0 Å². The summed E-state index contributed by atoms with van der Waals surface area (Å²) < 4.78 is 5.16. The van der Waals surface area contributed by atoms with E-state index in [1.807, 2.05) is 18.2 Å². The van der Waals surface area contributed by atoms with Crippen molar-refractivity contribution >= 4 is 29.3 Å². The zero-order valence-electron chi connectivity index (χ0n) is 14.1. The summed E-state index contributed by atoms with van der Waals surface area (Å²) in [4.78, 5) is 24.9. The van der Waals surface area contributed by atoms with Gasteiger partial charge in [0.25, 0.3) is 5.91 Å². The molecule has 3 rings (SSSR count). The number of nitrogens with one attached hydrogen (secondary N) is 1. The normalized spacial score (nSPS) is 23.9. The Hall–Kier alpha value is -2.00. The summed E-state index contributed by atoms with van der Waals surface area (Å²) in [6.45, 7) is -0.267. The van der Waals surface area contributed by atoms with Gasteiger partial charge in [-0.2, -0.15) is 5.26 Å². The Bertz CT molecular complexity index is 685. The van der Waals surface area contributed by atoms with E-state index in [-0.39, 0.29) is 18.5 Å². The summed E-state index contributed by atoms with van der Waals surface area (Å²) in [5.41, 5.74) is 0.636. The van der Waals surface area contributed by atoms with E-state index in [0.717, 1.165) is 17.2 Å². The Morgan fingerprint density at radius 3 is 2.84 bits per heavy atom. The standard InChI is InChI=1S/C19H22N2O3S/c20-7-8-25-17-4-2-1-3-16(17)21-18(22)12-24-19(23)11-15-10-13-5-6-14(15)9-13/h1-4,13-15H,5-6,8-12H2,(H,21,22)/t13-,14+,15+/m0/s1. The fourth-order valence-electron chi connectivity index (χ4n) is 4.04. The van der Waals surface area contributed by atoms with Crippen LogP contribution >= 0.6 is 11.8 Å². The minimum atomic E-state index is -0.355. The average molecular weight is 358 g/mol. The molecule has 2 aliphatic rings. The number of nitrogens with zero attached hydrogens (tertiary/aromatic N) is 1. The molecule has 0 aromatic heterocycles. The van der Waals surface area contributed by atoms with Gasteiger partial charge in [-0.25, -0.2) is 0 Å². The number of para-hydroxylation sites is 1.